The average molecular weight is 494 g/mol. The van der Waals surface area contributed by atoms with Crippen molar-refractivity contribution in [2.24, 2.45) is 4.99 Å². The number of likely N-dealkylation sites (N-methyl/N-ethyl adjacent to an activating group) is 1. The van der Waals surface area contributed by atoms with Crippen molar-refractivity contribution in [1.29, 1.82) is 0 Å². The van der Waals surface area contributed by atoms with Crippen molar-refractivity contribution in [1.82, 2.24) is 15.5 Å². The fourth-order valence-electron chi connectivity index (χ4n) is 2.46. The van der Waals surface area contributed by atoms with Gasteiger partial charge < -0.3 is 29.7 Å². The number of hydrogen-bond donors (Lipinski definition) is 2. The molecular formula is C19H35IN4O3. The van der Waals surface area contributed by atoms with Crippen LogP contribution < -0.4 is 20.1 Å². The number of guanidine groups is 1. The molecule has 0 bridgehead atoms. The maximum Gasteiger partial charge on any atom is 0.191 e. The number of methoxy groups -OCH3 is 2. The van der Waals surface area contributed by atoms with Gasteiger partial charge in [-0.15, -0.1) is 24.0 Å². The molecule has 0 aliphatic heterocycles. The number of hydrogen-bond acceptors (Lipinski definition) is 5. The van der Waals surface area contributed by atoms with Gasteiger partial charge in [-0.1, -0.05) is 6.07 Å². The molecule has 0 unspecified atom stereocenters. The quantitative estimate of drug-likeness (QED) is 0.201. The van der Waals surface area contributed by atoms with Gasteiger partial charge in [0, 0.05) is 46.9 Å². The third-order valence-corrected chi connectivity index (χ3v) is 3.89. The predicted molar refractivity (Wildman–Crippen MR) is 122 cm³/mol. The second-order valence-corrected chi connectivity index (χ2v) is 5.92. The molecule has 1 rings (SSSR count). The summed E-state index contributed by atoms with van der Waals surface area (Å²) in [4.78, 5) is 6.54. The van der Waals surface area contributed by atoms with Gasteiger partial charge in [-0.25, -0.2) is 0 Å². The minimum absolute atomic E-state index is 0. The Bertz CT molecular complexity index is 544. The first-order valence-corrected chi connectivity index (χ1v) is 9.06. The Morgan fingerprint density at radius 1 is 1.15 bits per heavy atom. The van der Waals surface area contributed by atoms with E-state index in [0.29, 0.717) is 13.2 Å². The second kappa shape index (κ2) is 15.8. The molecule has 0 fully saturated rings. The molecule has 0 amide bonds. The Hall–Kier alpha value is -1.26. The van der Waals surface area contributed by atoms with Crippen LogP contribution in [-0.2, 0) is 11.3 Å². The minimum Gasteiger partial charge on any atom is -0.493 e. The van der Waals surface area contributed by atoms with Crippen LogP contribution in [0.4, 0.5) is 0 Å². The lowest BCUT2D eigenvalue weighted by molar-refractivity contribution is 0.180. The summed E-state index contributed by atoms with van der Waals surface area (Å²) < 4.78 is 16.0. The van der Waals surface area contributed by atoms with E-state index in [4.69, 9.17) is 14.2 Å². The highest BCUT2D eigenvalue weighted by Crippen LogP contribution is 2.27. The van der Waals surface area contributed by atoms with Crippen LogP contribution in [0.25, 0.3) is 0 Å². The smallest absolute Gasteiger partial charge is 0.191 e. The summed E-state index contributed by atoms with van der Waals surface area (Å²) in [5.74, 6) is 2.28. The summed E-state index contributed by atoms with van der Waals surface area (Å²) in [6.07, 6.45) is 1.04. The molecule has 156 valence electrons. The summed E-state index contributed by atoms with van der Waals surface area (Å²) in [6, 6.07) is 5.94. The molecule has 0 aromatic heterocycles. The third kappa shape index (κ3) is 10.6. The first kappa shape index (κ1) is 25.7. The Kier molecular flexibility index (Phi) is 15.0. The summed E-state index contributed by atoms with van der Waals surface area (Å²) in [5.41, 5.74) is 1.10. The van der Waals surface area contributed by atoms with Crippen LogP contribution in [0.5, 0.6) is 11.5 Å². The standard InChI is InChI=1S/C19H34N4O3.HI/c1-6-26-17-9-8-16(14-18(17)25-5)15-22-19(20-2)21-10-12-23(3)11-7-13-24-4;/h8-9,14H,6-7,10-13,15H2,1-5H3,(H2,20,21,22);1H. The number of benzene rings is 1. The van der Waals surface area contributed by atoms with Crippen LogP contribution in [-0.4, -0.2) is 72.0 Å². The maximum absolute atomic E-state index is 5.55. The third-order valence-electron chi connectivity index (χ3n) is 3.89. The van der Waals surface area contributed by atoms with E-state index in [-0.39, 0.29) is 24.0 Å². The zero-order valence-electron chi connectivity index (χ0n) is 17.2. The van der Waals surface area contributed by atoms with Crippen molar-refractivity contribution in [3.63, 3.8) is 0 Å². The van der Waals surface area contributed by atoms with Crippen LogP contribution in [0.2, 0.25) is 0 Å². The summed E-state index contributed by atoms with van der Waals surface area (Å²) in [7, 11) is 7.27. The van der Waals surface area contributed by atoms with Crippen LogP contribution in [0.15, 0.2) is 23.2 Å². The molecule has 0 aliphatic rings. The molecule has 7 nitrogen and oxygen atoms in total. The molecule has 0 spiro atoms. The van der Waals surface area contributed by atoms with Gasteiger partial charge in [-0.05, 0) is 38.1 Å². The molecule has 8 heteroatoms. The monoisotopic (exact) mass is 494 g/mol. The van der Waals surface area contributed by atoms with Gasteiger partial charge in [-0.3, -0.25) is 4.99 Å². The van der Waals surface area contributed by atoms with Crippen LogP contribution in [0.3, 0.4) is 0 Å². The van der Waals surface area contributed by atoms with Crippen molar-refractivity contribution in [3.8, 4) is 11.5 Å². The van der Waals surface area contributed by atoms with E-state index < -0.39 is 0 Å². The number of nitrogens with zero attached hydrogens (tertiary/aromatic N) is 2. The molecule has 27 heavy (non-hydrogen) atoms. The molecule has 0 atom stereocenters. The van der Waals surface area contributed by atoms with Crippen molar-refractivity contribution in [3.05, 3.63) is 23.8 Å². The highest BCUT2D eigenvalue weighted by molar-refractivity contribution is 14.0. The van der Waals surface area contributed by atoms with Crippen molar-refractivity contribution in [2.45, 2.75) is 19.9 Å². The molecule has 1 aromatic carbocycles. The number of nitrogens with one attached hydrogen (secondary N) is 2. The van der Waals surface area contributed by atoms with Gasteiger partial charge in [0.15, 0.2) is 17.5 Å². The number of rotatable bonds is 12. The van der Waals surface area contributed by atoms with Crippen LogP contribution in [0, 0.1) is 0 Å². The average Bonchev–Trinajstić information content (AvgIpc) is 2.65. The Balaban J connectivity index is 0.00000676. The Morgan fingerprint density at radius 3 is 2.56 bits per heavy atom. The molecule has 2 N–H and O–H groups in total. The molecule has 0 heterocycles. The van der Waals surface area contributed by atoms with Crippen LogP contribution >= 0.6 is 24.0 Å². The fourth-order valence-corrected chi connectivity index (χ4v) is 2.46. The normalized spacial score (nSPS) is 11.1. The molecule has 0 aliphatic carbocycles. The number of ether oxygens (including phenoxy) is 3. The SMILES string of the molecule is CCOc1ccc(CNC(=NC)NCCN(C)CCCOC)cc1OC.I. The Labute approximate surface area is 180 Å². The largest absolute Gasteiger partial charge is 0.493 e. The van der Waals surface area contributed by atoms with Crippen molar-refractivity contribution in [2.75, 3.05) is 61.2 Å². The van der Waals surface area contributed by atoms with Crippen LogP contribution in [0.1, 0.15) is 18.9 Å². The van der Waals surface area contributed by atoms with Gasteiger partial charge in [0.1, 0.15) is 0 Å². The van der Waals surface area contributed by atoms with Crippen molar-refractivity contribution >= 4 is 29.9 Å². The lowest BCUT2D eigenvalue weighted by atomic mass is 10.2. The molecular weight excluding hydrogens is 459 g/mol. The van der Waals surface area contributed by atoms with E-state index in [1.54, 1.807) is 21.3 Å². The zero-order valence-corrected chi connectivity index (χ0v) is 19.5. The second-order valence-electron chi connectivity index (χ2n) is 5.92. The van der Waals surface area contributed by atoms with E-state index in [1.165, 1.54) is 0 Å². The van der Waals surface area contributed by atoms with Gasteiger partial charge in [0.25, 0.3) is 0 Å². The number of halogens is 1. The predicted octanol–water partition coefficient (Wildman–Crippen LogP) is 2.35. The summed E-state index contributed by atoms with van der Waals surface area (Å²) in [6.45, 7) is 6.83. The highest BCUT2D eigenvalue weighted by atomic mass is 127. The zero-order chi connectivity index (χ0) is 19.2. The maximum atomic E-state index is 5.55. The van der Waals surface area contributed by atoms with Gasteiger partial charge >= 0.3 is 0 Å². The van der Waals surface area contributed by atoms with Gasteiger partial charge in [-0.2, -0.15) is 0 Å². The van der Waals surface area contributed by atoms with E-state index in [9.17, 15) is 0 Å². The van der Waals surface area contributed by atoms with Crippen molar-refractivity contribution < 1.29 is 14.2 Å². The first-order valence-electron chi connectivity index (χ1n) is 9.06. The van der Waals surface area contributed by atoms with E-state index >= 15 is 0 Å². The van der Waals surface area contributed by atoms with E-state index in [0.717, 1.165) is 55.7 Å². The molecule has 1 aromatic rings. The Morgan fingerprint density at radius 2 is 1.93 bits per heavy atom. The number of aliphatic imine (C=N–C) groups is 1. The molecule has 0 saturated heterocycles. The fraction of sp³-hybridized carbons (Fsp3) is 0.632. The first-order chi connectivity index (χ1) is 12.6. The minimum atomic E-state index is 0. The highest BCUT2D eigenvalue weighted by Gasteiger charge is 2.06. The topological polar surface area (TPSA) is 67.4 Å². The summed E-state index contributed by atoms with van der Waals surface area (Å²) >= 11 is 0. The molecule has 0 radical (unpaired) electrons. The lowest BCUT2D eigenvalue weighted by Crippen LogP contribution is -2.40. The lowest BCUT2D eigenvalue weighted by Gasteiger charge is -2.18. The molecule has 0 saturated carbocycles. The van der Waals surface area contributed by atoms with E-state index in [2.05, 4.69) is 27.6 Å². The summed E-state index contributed by atoms with van der Waals surface area (Å²) in [5, 5.41) is 6.65. The van der Waals surface area contributed by atoms with Gasteiger partial charge in [0.2, 0.25) is 0 Å². The van der Waals surface area contributed by atoms with Gasteiger partial charge in [0.05, 0.1) is 13.7 Å². The van der Waals surface area contributed by atoms with E-state index in [1.807, 2.05) is 25.1 Å².